The van der Waals surface area contributed by atoms with Gasteiger partial charge >= 0.3 is 5.97 Å². The third kappa shape index (κ3) is 5.59. The summed E-state index contributed by atoms with van der Waals surface area (Å²) >= 11 is 0. The van der Waals surface area contributed by atoms with Crippen LogP contribution in [0.5, 0.6) is 5.75 Å². The molecule has 0 saturated heterocycles. The summed E-state index contributed by atoms with van der Waals surface area (Å²) in [6.07, 6.45) is -0.616. The Morgan fingerprint density at radius 1 is 1.35 bits per heavy atom. The van der Waals surface area contributed by atoms with E-state index in [1.807, 2.05) is 24.3 Å². The van der Waals surface area contributed by atoms with Gasteiger partial charge in [0, 0.05) is 25.8 Å². The highest BCUT2D eigenvalue weighted by Crippen LogP contribution is 2.19. The molecule has 112 valence electrons. The average Bonchev–Trinajstić information content (AvgIpc) is 2.45. The molecule has 1 aromatic carbocycles. The monoisotopic (exact) mass is 281 g/mol. The van der Waals surface area contributed by atoms with Gasteiger partial charge in [-0.15, -0.1) is 0 Å². The smallest absolute Gasteiger partial charge is 0.347 e. The molecule has 0 amide bonds. The highest BCUT2D eigenvalue weighted by Gasteiger charge is 2.16. The fourth-order valence-corrected chi connectivity index (χ4v) is 1.66. The number of esters is 1. The molecule has 0 aliphatic carbocycles. The molecule has 1 atom stereocenters. The van der Waals surface area contributed by atoms with Gasteiger partial charge in [0.15, 0.2) is 6.10 Å². The molecular formula is C15H23NO4. The summed E-state index contributed by atoms with van der Waals surface area (Å²) in [6.45, 7) is 5.90. The third-order valence-corrected chi connectivity index (χ3v) is 2.69. The van der Waals surface area contributed by atoms with E-state index in [4.69, 9.17) is 14.2 Å². The summed E-state index contributed by atoms with van der Waals surface area (Å²) < 4.78 is 15.6. The normalized spacial score (nSPS) is 11.9. The second-order valence-corrected chi connectivity index (χ2v) is 4.29. The SMILES string of the molecule is CCOC(=O)C(C)Oc1ccccc1CNCCOC. The van der Waals surface area contributed by atoms with Crippen molar-refractivity contribution in [1.82, 2.24) is 5.32 Å². The molecule has 5 nitrogen and oxygen atoms in total. The maximum absolute atomic E-state index is 11.6. The van der Waals surface area contributed by atoms with E-state index in [0.29, 0.717) is 25.5 Å². The number of carbonyl (C=O) groups is 1. The zero-order valence-corrected chi connectivity index (χ0v) is 12.3. The van der Waals surface area contributed by atoms with Crippen molar-refractivity contribution in [3.05, 3.63) is 29.8 Å². The Morgan fingerprint density at radius 3 is 2.80 bits per heavy atom. The van der Waals surface area contributed by atoms with Gasteiger partial charge < -0.3 is 19.5 Å². The minimum Gasteiger partial charge on any atom is -0.479 e. The zero-order chi connectivity index (χ0) is 14.8. The van der Waals surface area contributed by atoms with Gasteiger partial charge in [0.25, 0.3) is 0 Å². The third-order valence-electron chi connectivity index (χ3n) is 2.69. The van der Waals surface area contributed by atoms with Gasteiger partial charge in [-0.1, -0.05) is 18.2 Å². The van der Waals surface area contributed by atoms with E-state index in [1.54, 1.807) is 21.0 Å². The lowest BCUT2D eigenvalue weighted by atomic mass is 10.2. The number of benzene rings is 1. The lowest BCUT2D eigenvalue weighted by Crippen LogP contribution is -2.27. The van der Waals surface area contributed by atoms with Crippen molar-refractivity contribution in [3.8, 4) is 5.75 Å². The second-order valence-electron chi connectivity index (χ2n) is 4.29. The van der Waals surface area contributed by atoms with Gasteiger partial charge in [-0.2, -0.15) is 0 Å². The molecule has 0 aliphatic heterocycles. The molecule has 1 N–H and O–H groups in total. The van der Waals surface area contributed by atoms with Crippen molar-refractivity contribution in [3.63, 3.8) is 0 Å². The number of hydrogen-bond donors (Lipinski definition) is 1. The maximum atomic E-state index is 11.6. The van der Waals surface area contributed by atoms with Crippen LogP contribution >= 0.6 is 0 Å². The van der Waals surface area contributed by atoms with E-state index in [1.165, 1.54) is 0 Å². The van der Waals surface area contributed by atoms with E-state index in [9.17, 15) is 4.79 Å². The predicted octanol–water partition coefficient (Wildman–Crippen LogP) is 1.75. The first-order chi connectivity index (χ1) is 9.69. The molecule has 0 saturated carbocycles. The minimum absolute atomic E-state index is 0.352. The fraction of sp³-hybridized carbons (Fsp3) is 0.533. The molecule has 0 heterocycles. The number of rotatable bonds is 9. The Balaban J connectivity index is 2.58. The lowest BCUT2D eigenvalue weighted by molar-refractivity contribution is -0.150. The standard InChI is InChI=1S/C15H23NO4/c1-4-19-15(17)12(2)20-14-8-6-5-7-13(14)11-16-9-10-18-3/h5-8,12,16H,4,9-11H2,1-3H3. The summed E-state index contributed by atoms with van der Waals surface area (Å²) in [5, 5.41) is 3.25. The maximum Gasteiger partial charge on any atom is 0.347 e. The van der Waals surface area contributed by atoms with E-state index >= 15 is 0 Å². The van der Waals surface area contributed by atoms with Crippen molar-refractivity contribution in [1.29, 1.82) is 0 Å². The number of methoxy groups -OCH3 is 1. The summed E-state index contributed by atoms with van der Waals surface area (Å²) in [5.74, 6) is 0.340. The average molecular weight is 281 g/mol. The second kappa shape index (κ2) is 9.34. The Morgan fingerprint density at radius 2 is 2.10 bits per heavy atom. The quantitative estimate of drug-likeness (QED) is 0.552. The van der Waals surface area contributed by atoms with Gasteiger partial charge in [0.05, 0.1) is 13.2 Å². The summed E-state index contributed by atoms with van der Waals surface area (Å²) in [4.78, 5) is 11.6. The minimum atomic E-state index is -0.616. The molecule has 1 aromatic rings. The summed E-state index contributed by atoms with van der Waals surface area (Å²) in [6, 6.07) is 7.64. The molecule has 5 heteroatoms. The molecule has 0 fully saturated rings. The fourth-order valence-electron chi connectivity index (χ4n) is 1.66. The van der Waals surface area contributed by atoms with Crippen LogP contribution in [0.4, 0.5) is 0 Å². The zero-order valence-electron chi connectivity index (χ0n) is 12.3. The lowest BCUT2D eigenvalue weighted by Gasteiger charge is -2.16. The van der Waals surface area contributed by atoms with Crippen LogP contribution in [-0.2, 0) is 20.8 Å². The first-order valence-electron chi connectivity index (χ1n) is 6.79. The van der Waals surface area contributed by atoms with Crippen molar-refractivity contribution >= 4 is 5.97 Å². The molecule has 20 heavy (non-hydrogen) atoms. The number of nitrogens with one attached hydrogen (secondary N) is 1. The van der Waals surface area contributed by atoms with Crippen molar-refractivity contribution in [2.75, 3.05) is 26.9 Å². The first-order valence-corrected chi connectivity index (χ1v) is 6.79. The van der Waals surface area contributed by atoms with Crippen molar-refractivity contribution < 1.29 is 19.0 Å². The van der Waals surface area contributed by atoms with Crippen LogP contribution in [-0.4, -0.2) is 38.9 Å². The number of para-hydroxylation sites is 1. The van der Waals surface area contributed by atoms with Crippen molar-refractivity contribution in [2.24, 2.45) is 0 Å². The first kappa shape index (κ1) is 16.5. The van der Waals surface area contributed by atoms with Crippen LogP contribution in [0.1, 0.15) is 19.4 Å². The van der Waals surface area contributed by atoms with Crippen LogP contribution in [0.2, 0.25) is 0 Å². The van der Waals surface area contributed by atoms with Gasteiger partial charge in [-0.25, -0.2) is 4.79 Å². The van der Waals surface area contributed by atoms with Crippen LogP contribution < -0.4 is 10.1 Å². The molecule has 1 rings (SSSR count). The van der Waals surface area contributed by atoms with Crippen LogP contribution in [0, 0.1) is 0 Å². The van der Waals surface area contributed by atoms with Gasteiger partial charge in [-0.3, -0.25) is 0 Å². The molecule has 0 aliphatic rings. The van der Waals surface area contributed by atoms with Crippen molar-refractivity contribution in [2.45, 2.75) is 26.5 Å². The van der Waals surface area contributed by atoms with E-state index < -0.39 is 6.10 Å². The molecule has 0 aromatic heterocycles. The largest absolute Gasteiger partial charge is 0.479 e. The Labute approximate surface area is 120 Å². The van der Waals surface area contributed by atoms with Gasteiger partial charge in [0.1, 0.15) is 5.75 Å². The topological polar surface area (TPSA) is 56.8 Å². The van der Waals surface area contributed by atoms with Gasteiger partial charge in [-0.05, 0) is 19.9 Å². The van der Waals surface area contributed by atoms with Crippen LogP contribution in [0.15, 0.2) is 24.3 Å². The highest BCUT2D eigenvalue weighted by molar-refractivity contribution is 5.74. The van der Waals surface area contributed by atoms with E-state index in [-0.39, 0.29) is 5.97 Å². The summed E-state index contributed by atoms with van der Waals surface area (Å²) in [5.41, 5.74) is 1.000. The van der Waals surface area contributed by atoms with Crippen LogP contribution in [0.25, 0.3) is 0 Å². The van der Waals surface area contributed by atoms with Gasteiger partial charge in [0.2, 0.25) is 0 Å². The highest BCUT2D eigenvalue weighted by atomic mass is 16.6. The molecular weight excluding hydrogens is 258 g/mol. The van der Waals surface area contributed by atoms with E-state index in [2.05, 4.69) is 5.32 Å². The molecule has 1 unspecified atom stereocenters. The Kier molecular flexibility index (Phi) is 7.69. The predicted molar refractivity (Wildman–Crippen MR) is 76.7 cm³/mol. The molecule has 0 spiro atoms. The number of carbonyl (C=O) groups excluding carboxylic acids is 1. The Bertz CT molecular complexity index is 409. The number of ether oxygens (including phenoxy) is 3. The molecule has 0 bridgehead atoms. The van der Waals surface area contributed by atoms with E-state index in [0.717, 1.165) is 12.1 Å². The number of hydrogen-bond acceptors (Lipinski definition) is 5. The summed E-state index contributed by atoms with van der Waals surface area (Å²) in [7, 11) is 1.67. The molecule has 0 radical (unpaired) electrons. The Hall–Kier alpha value is -1.59. The van der Waals surface area contributed by atoms with Crippen LogP contribution in [0.3, 0.4) is 0 Å².